The van der Waals surface area contributed by atoms with Crippen LogP contribution in [0.2, 0.25) is 0 Å². The largest absolute Gasteiger partial charge is 0.383 e. The maximum atomic E-state index is 14.0. The third kappa shape index (κ3) is 3.50. The number of carbonyl (C=O) groups excluding carboxylic acids is 2. The van der Waals surface area contributed by atoms with Crippen molar-refractivity contribution in [3.05, 3.63) is 29.8 Å². The second-order valence-electron chi connectivity index (χ2n) is 5.75. The van der Waals surface area contributed by atoms with Crippen LogP contribution in [-0.2, 0) is 4.79 Å². The van der Waals surface area contributed by atoms with E-state index >= 15 is 0 Å². The molecule has 2 rings (SSSR count). The van der Waals surface area contributed by atoms with E-state index in [1.54, 1.807) is 0 Å². The molecule has 126 valence electrons. The van der Waals surface area contributed by atoms with Gasteiger partial charge in [0.2, 0.25) is 0 Å². The van der Waals surface area contributed by atoms with E-state index in [-0.39, 0.29) is 24.4 Å². The normalized spacial score (nSPS) is 16.3. The Morgan fingerprint density at radius 2 is 1.87 bits per heavy atom. The number of anilines is 1. The Morgan fingerprint density at radius 1 is 1.26 bits per heavy atom. The van der Waals surface area contributed by atoms with Crippen molar-refractivity contribution in [2.45, 2.75) is 44.1 Å². The smallest absolute Gasteiger partial charge is 0.352 e. The molecule has 0 unspecified atom stereocenters. The van der Waals surface area contributed by atoms with E-state index in [4.69, 9.17) is 0 Å². The summed E-state index contributed by atoms with van der Waals surface area (Å²) in [5.41, 5.74) is -1.73. The van der Waals surface area contributed by atoms with Gasteiger partial charge in [0.25, 0.3) is 11.8 Å². The average molecular weight is 326 g/mol. The molecule has 0 aromatic heterocycles. The molecule has 5 nitrogen and oxygen atoms in total. The van der Waals surface area contributed by atoms with Crippen LogP contribution in [0.1, 0.15) is 43.0 Å². The minimum atomic E-state index is -3.84. The molecule has 7 heteroatoms. The molecule has 1 aliphatic rings. The van der Waals surface area contributed by atoms with Crippen LogP contribution in [0.3, 0.4) is 0 Å². The van der Waals surface area contributed by atoms with E-state index in [1.807, 2.05) is 6.92 Å². The molecule has 1 aromatic rings. The van der Waals surface area contributed by atoms with Gasteiger partial charge in [-0.1, -0.05) is 6.92 Å². The molecule has 1 aliphatic carbocycles. The lowest BCUT2D eigenvalue weighted by molar-refractivity contribution is -0.212. The number of hydrogen-bond donors (Lipinski definition) is 3. The Morgan fingerprint density at radius 3 is 2.35 bits per heavy atom. The van der Waals surface area contributed by atoms with Crippen LogP contribution < -0.4 is 10.6 Å². The SMILES string of the molecule is CCCNC(=O)c1ccc(NC(=O)C(F)(F)C2(O)CCC2)cc1. The third-order valence-electron chi connectivity index (χ3n) is 3.99. The van der Waals surface area contributed by atoms with Gasteiger partial charge in [0.1, 0.15) is 5.60 Å². The zero-order chi connectivity index (χ0) is 17.1. The first-order valence-electron chi connectivity index (χ1n) is 7.60. The van der Waals surface area contributed by atoms with Gasteiger partial charge < -0.3 is 15.7 Å². The molecule has 1 fully saturated rings. The number of halogens is 2. The van der Waals surface area contributed by atoms with Crippen LogP contribution in [0.15, 0.2) is 24.3 Å². The van der Waals surface area contributed by atoms with Gasteiger partial charge in [0.15, 0.2) is 0 Å². The van der Waals surface area contributed by atoms with Crippen molar-refractivity contribution in [2.24, 2.45) is 0 Å². The first-order valence-corrected chi connectivity index (χ1v) is 7.60. The summed E-state index contributed by atoms with van der Waals surface area (Å²) < 4.78 is 27.9. The summed E-state index contributed by atoms with van der Waals surface area (Å²) >= 11 is 0. The molecule has 0 atom stereocenters. The van der Waals surface area contributed by atoms with E-state index in [1.165, 1.54) is 24.3 Å². The first kappa shape index (κ1) is 17.3. The van der Waals surface area contributed by atoms with Crippen molar-refractivity contribution in [1.29, 1.82) is 0 Å². The van der Waals surface area contributed by atoms with Crippen LogP contribution in [0.25, 0.3) is 0 Å². The summed E-state index contributed by atoms with van der Waals surface area (Å²) in [6.07, 6.45) is 1.09. The number of alkyl halides is 2. The fourth-order valence-electron chi connectivity index (χ4n) is 2.29. The molecule has 1 saturated carbocycles. The number of nitrogens with one attached hydrogen (secondary N) is 2. The number of rotatable bonds is 6. The first-order chi connectivity index (χ1) is 10.8. The average Bonchev–Trinajstić information content (AvgIpc) is 2.50. The maximum Gasteiger partial charge on any atom is 0.352 e. The lowest BCUT2D eigenvalue weighted by atomic mass is 9.75. The topological polar surface area (TPSA) is 78.4 Å². The van der Waals surface area contributed by atoms with Crippen LogP contribution >= 0.6 is 0 Å². The van der Waals surface area contributed by atoms with Gasteiger partial charge in [0.05, 0.1) is 0 Å². The van der Waals surface area contributed by atoms with Gasteiger partial charge >= 0.3 is 5.92 Å². The molecular weight excluding hydrogens is 306 g/mol. The Labute approximate surface area is 133 Å². The summed E-state index contributed by atoms with van der Waals surface area (Å²) in [4.78, 5) is 23.5. The van der Waals surface area contributed by atoms with Crippen molar-refractivity contribution in [3.8, 4) is 0 Å². The standard InChI is InChI=1S/C16H20F2N2O3/c1-2-10-19-13(21)11-4-6-12(7-5-11)20-14(22)16(17,18)15(23)8-3-9-15/h4-7,23H,2-3,8-10H2,1H3,(H,19,21)(H,20,22). The fraction of sp³-hybridized carbons (Fsp3) is 0.500. The molecule has 0 aliphatic heterocycles. The Balaban J connectivity index is 2.00. The summed E-state index contributed by atoms with van der Waals surface area (Å²) in [5.74, 6) is -5.65. The van der Waals surface area contributed by atoms with E-state index in [9.17, 15) is 23.5 Å². The van der Waals surface area contributed by atoms with Gasteiger partial charge in [-0.25, -0.2) is 0 Å². The minimum Gasteiger partial charge on any atom is -0.383 e. The van der Waals surface area contributed by atoms with Crippen LogP contribution in [0, 0.1) is 0 Å². The third-order valence-corrected chi connectivity index (χ3v) is 3.99. The quantitative estimate of drug-likeness (QED) is 0.751. The number of hydrogen-bond acceptors (Lipinski definition) is 3. The monoisotopic (exact) mass is 326 g/mol. The lowest BCUT2D eigenvalue weighted by Gasteiger charge is -2.41. The van der Waals surface area contributed by atoms with E-state index < -0.39 is 17.4 Å². The Kier molecular flexibility index (Phi) is 4.99. The van der Waals surface area contributed by atoms with Crippen molar-refractivity contribution >= 4 is 17.5 Å². The van der Waals surface area contributed by atoms with Gasteiger partial charge in [0, 0.05) is 17.8 Å². The predicted molar refractivity (Wildman–Crippen MR) is 81.4 cm³/mol. The number of benzene rings is 1. The highest BCUT2D eigenvalue weighted by molar-refractivity contribution is 5.98. The van der Waals surface area contributed by atoms with Crippen LogP contribution in [0.4, 0.5) is 14.5 Å². The van der Waals surface area contributed by atoms with Crippen molar-refractivity contribution < 1.29 is 23.5 Å². The fourth-order valence-corrected chi connectivity index (χ4v) is 2.29. The molecule has 0 heterocycles. The number of aliphatic hydroxyl groups is 1. The molecule has 0 bridgehead atoms. The molecule has 0 spiro atoms. The highest BCUT2D eigenvalue weighted by Crippen LogP contribution is 2.44. The van der Waals surface area contributed by atoms with Crippen LogP contribution in [0.5, 0.6) is 0 Å². The van der Waals surface area contributed by atoms with Crippen LogP contribution in [-0.4, -0.2) is 35.0 Å². The van der Waals surface area contributed by atoms with E-state index in [0.29, 0.717) is 18.5 Å². The molecule has 0 saturated heterocycles. The number of carbonyl (C=O) groups is 2. The van der Waals surface area contributed by atoms with Gasteiger partial charge in [-0.2, -0.15) is 8.78 Å². The van der Waals surface area contributed by atoms with Crippen molar-refractivity contribution in [1.82, 2.24) is 5.32 Å². The van der Waals surface area contributed by atoms with Gasteiger partial charge in [-0.05, 0) is 49.9 Å². The highest BCUT2D eigenvalue weighted by Gasteiger charge is 2.61. The Hall–Kier alpha value is -2.02. The second-order valence-corrected chi connectivity index (χ2v) is 5.75. The van der Waals surface area contributed by atoms with Gasteiger partial charge in [-0.3, -0.25) is 9.59 Å². The lowest BCUT2D eigenvalue weighted by Crippen LogP contribution is -2.59. The van der Waals surface area contributed by atoms with Crippen molar-refractivity contribution in [2.75, 3.05) is 11.9 Å². The Bertz CT molecular complexity index is 583. The molecule has 3 N–H and O–H groups in total. The molecule has 2 amide bonds. The summed E-state index contributed by atoms with van der Waals surface area (Å²) in [7, 11) is 0. The summed E-state index contributed by atoms with van der Waals surface area (Å²) in [5, 5.41) is 14.5. The summed E-state index contributed by atoms with van der Waals surface area (Å²) in [6, 6.07) is 5.63. The zero-order valence-corrected chi connectivity index (χ0v) is 12.9. The predicted octanol–water partition coefficient (Wildman–Crippen LogP) is 2.32. The number of amides is 2. The molecule has 23 heavy (non-hydrogen) atoms. The zero-order valence-electron chi connectivity index (χ0n) is 12.9. The van der Waals surface area contributed by atoms with Crippen molar-refractivity contribution in [3.63, 3.8) is 0 Å². The second kappa shape index (κ2) is 6.62. The molecular formula is C16H20F2N2O3. The molecule has 1 aromatic carbocycles. The van der Waals surface area contributed by atoms with E-state index in [2.05, 4.69) is 10.6 Å². The molecule has 0 radical (unpaired) electrons. The minimum absolute atomic E-state index is 0.0933. The summed E-state index contributed by atoms with van der Waals surface area (Å²) in [6.45, 7) is 2.47. The van der Waals surface area contributed by atoms with E-state index in [0.717, 1.165) is 6.42 Å². The highest BCUT2D eigenvalue weighted by atomic mass is 19.3. The maximum absolute atomic E-state index is 14.0. The van der Waals surface area contributed by atoms with Gasteiger partial charge in [-0.15, -0.1) is 0 Å².